The molecule has 0 unspecified atom stereocenters. The molecule has 0 aliphatic heterocycles. The molecule has 0 aliphatic carbocycles. The average molecular weight is 326 g/mol. The zero-order valence-corrected chi connectivity index (χ0v) is 13.2. The standard InChI is InChI=1S/C15H16ClNO3S/c1-10(2)11-3-6-13(7-4-11)21(19,20)17-14-9-12(16)5-8-15(14)18/h3-10,17-18H,1-2H3. The summed E-state index contributed by atoms with van der Waals surface area (Å²) in [5.41, 5.74) is 1.11. The van der Waals surface area contributed by atoms with Crippen LogP contribution in [0.25, 0.3) is 0 Å². The van der Waals surface area contributed by atoms with E-state index in [0.717, 1.165) is 5.56 Å². The molecule has 0 saturated heterocycles. The van der Waals surface area contributed by atoms with Gasteiger partial charge in [-0.15, -0.1) is 0 Å². The van der Waals surface area contributed by atoms with Crippen molar-refractivity contribution < 1.29 is 13.5 Å². The summed E-state index contributed by atoms with van der Waals surface area (Å²) in [6, 6.07) is 10.8. The lowest BCUT2D eigenvalue weighted by Crippen LogP contribution is -2.13. The van der Waals surface area contributed by atoms with E-state index < -0.39 is 10.0 Å². The molecule has 2 N–H and O–H groups in total. The SMILES string of the molecule is CC(C)c1ccc(S(=O)(=O)Nc2cc(Cl)ccc2O)cc1. The van der Waals surface area contributed by atoms with Crippen LogP contribution in [0.2, 0.25) is 5.02 Å². The lowest BCUT2D eigenvalue weighted by molar-refractivity contribution is 0.477. The molecule has 6 heteroatoms. The van der Waals surface area contributed by atoms with Crippen LogP contribution in [0.5, 0.6) is 5.75 Å². The monoisotopic (exact) mass is 325 g/mol. The van der Waals surface area contributed by atoms with Crippen molar-refractivity contribution >= 4 is 27.3 Å². The highest BCUT2D eigenvalue weighted by atomic mass is 35.5. The fourth-order valence-corrected chi connectivity index (χ4v) is 3.06. The highest BCUT2D eigenvalue weighted by Gasteiger charge is 2.16. The Kier molecular flexibility index (Phi) is 4.44. The Hall–Kier alpha value is -1.72. The van der Waals surface area contributed by atoms with E-state index in [1.165, 1.54) is 18.2 Å². The van der Waals surface area contributed by atoms with E-state index in [2.05, 4.69) is 4.72 Å². The molecular formula is C15H16ClNO3S. The van der Waals surface area contributed by atoms with Crippen molar-refractivity contribution in [2.45, 2.75) is 24.7 Å². The van der Waals surface area contributed by atoms with Gasteiger partial charge in [0.2, 0.25) is 0 Å². The largest absolute Gasteiger partial charge is 0.506 e. The minimum atomic E-state index is -3.76. The predicted molar refractivity (Wildman–Crippen MR) is 84.5 cm³/mol. The van der Waals surface area contributed by atoms with Gasteiger partial charge < -0.3 is 5.11 Å². The molecule has 0 amide bonds. The summed E-state index contributed by atoms with van der Waals surface area (Å²) >= 11 is 5.80. The fraction of sp³-hybridized carbons (Fsp3) is 0.200. The van der Waals surface area contributed by atoms with Crippen LogP contribution in [0.3, 0.4) is 0 Å². The third kappa shape index (κ3) is 3.68. The molecule has 0 atom stereocenters. The summed E-state index contributed by atoms with van der Waals surface area (Å²) in [4.78, 5) is 0.131. The van der Waals surface area contributed by atoms with Crippen LogP contribution in [-0.4, -0.2) is 13.5 Å². The lowest BCUT2D eigenvalue weighted by Gasteiger charge is -2.11. The Balaban J connectivity index is 2.31. The molecule has 0 heterocycles. The normalized spacial score (nSPS) is 11.6. The number of halogens is 1. The number of anilines is 1. The van der Waals surface area contributed by atoms with Crippen LogP contribution >= 0.6 is 11.6 Å². The number of aromatic hydroxyl groups is 1. The van der Waals surface area contributed by atoms with Gasteiger partial charge in [0.05, 0.1) is 10.6 Å². The first kappa shape index (κ1) is 15.7. The summed E-state index contributed by atoms with van der Waals surface area (Å²) < 4.78 is 26.9. The summed E-state index contributed by atoms with van der Waals surface area (Å²) in [6.45, 7) is 4.07. The number of phenols is 1. The number of sulfonamides is 1. The molecule has 0 bridgehead atoms. The predicted octanol–water partition coefficient (Wildman–Crippen LogP) is 3.97. The lowest BCUT2D eigenvalue weighted by atomic mass is 10.0. The van der Waals surface area contributed by atoms with Crippen LogP contribution in [0.15, 0.2) is 47.4 Å². The molecule has 0 spiro atoms. The second kappa shape index (κ2) is 5.95. The molecule has 0 radical (unpaired) electrons. The number of phenolic OH excluding ortho intramolecular Hbond substituents is 1. The first-order valence-corrected chi connectivity index (χ1v) is 8.27. The molecule has 112 valence electrons. The van der Waals surface area contributed by atoms with Crippen molar-refractivity contribution in [2.24, 2.45) is 0 Å². The second-order valence-electron chi connectivity index (χ2n) is 4.99. The molecular weight excluding hydrogens is 310 g/mol. The summed E-state index contributed by atoms with van der Waals surface area (Å²) in [5, 5.41) is 10.0. The highest BCUT2D eigenvalue weighted by molar-refractivity contribution is 7.92. The number of rotatable bonds is 4. The second-order valence-corrected chi connectivity index (χ2v) is 7.11. The van der Waals surface area contributed by atoms with E-state index in [1.54, 1.807) is 24.3 Å². The first-order chi connectivity index (χ1) is 9.79. The molecule has 0 aliphatic rings. The van der Waals surface area contributed by atoms with Crippen molar-refractivity contribution in [3.63, 3.8) is 0 Å². The van der Waals surface area contributed by atoms with E-state index in [1.807, 2.05) is 13.8 Å². The Bertz CT molecular complexity index is 740. The third-order valence-electron chi connectivity index (χ3n) is 3.06. The maximum Gasteiger partial charge on any atom is 0.262 e. The van der Waals surface area contributed by atoms with Crippen LogP contribution in [0.1, 0.15) is 25.3 Å². The van der Waals surface area contributed by atoms with Gasteiger partial charge in [0.15, 0.2) is 0 Å². The first-order valence-electron chi connectivity index (χ1n) is 6.41. The van der Waals surface area contributed by atoms with Crippen LogP contribution < -0.4 is 4.72 Å². The number of hydrogen-bond acceptors (Lipinski definition) is 3. The summed E-state index contributed by atoms with van der Waals surface area (Å²) in [6.07, 6.45) is 0. The van der Waals surface area contributed by atoms with Gasteiger partial charge in [0.25, 0.3) is 10.0 Å². The average Bonchev–Trinajstić information content (AvgIpc) is 2.43. The molecule has 0 fully saturated rings. The quantitative estimate of drug-likeness (QED) is 0.836. The van der Waals surface area contributed by atoms with E-state index in [-0.39, 0.29) is 16.3 Å². The minimum Gasteiger partial charge on any atom is -0.506 e. The highest BCUT2D eigenvalue weighted by Crippen LogP contribution is 2.29. The zero-order valence-electron chi connectivity index (χ0n) is 11.7. The molecule has 0 saturated carbocycles. The van der Waals surface area contributed by atoms with Gasteiger partial charge in [0.1, 0.15) is 5.75 Å². The van der Waals surface area contributed by atoms with Gasteiger partial charge in [-0.1, -0.05) is 37.6 Å². The zero-order chi connectivity index (χ0) is 15.6. The van der Waals surface area contributed by atoms with Gasteiger partial charge in [-0.25, -0.2) is 8.42 Å². The van der Waals surface area contributed by atoms with Crippen molar-refractivity contribution in [1.82, 2.24) is 0 Å². The summed E-state index contributed by atoms with van der Waals surface area (Å²) in [7, 11) is -3.76. The van der Waals surface area contributed by atoms with Gasteiger partial charge in [-0.3, -0.25) is 4.72 Å². The van der Waals surface area contributed by atoms with Crippen molar-refractivity contribution in [2.75, 3.05) is 4.72 Å². The van der Waals surface area contributed by atoms with E-state index >= 15 is 0 Å². The minimum absolute atomic E-state index is 0.0513. The summed E-state index contributed by atoms with van der Waals surface area (Å²) in [5.74, 6) is 0.147. The Labute approximate surface area is 129 Å². The number of benzene rings is 2. The molecule has 2 aromatic rings. The Morgan fingerprint density at radius 2 is 1.71 bits per heavy atom. The number of nitrogens with one attached hydrogen (secondary N) is 1. The Morgan fingerprint density at radius 3 is 2.29 bits per heavy atom. The van der Waals surface area contributed by atoms with Gasteiger partial charge in [-0.2, -0.15) is 0 Å². The van der Waals surface area contributed by atoms with Crippen molar-refractivity contribution in [3.05, 3.63) is 53.1 Å². The number of hydrogen-bond donors (Lipinski definition) is 2. The molecule has 0 aromatic heterocycles. The maximum atomic E-state index is 12.3. The van der Waals surface area contributed by atoms with Gasteiger partial charge in [-0.05, 0) is 41.8 Å². The van der Waals surface area contributed by atoms with E-state index in [4.69, 9.17) is 11.6 Å². The topological polar surface area (TPSA) is 66.4 Å². The third-order valence-corrected chi connectivity index (χ3v) is 4.68. The van der Waals surface area contributed by atoms with E-state index in [9.17, 15) is 13.5 Å². The van der Waals surface area contributed by atoms with Crippen LogP contribution in [-0.2, 0) is 10.0 Å². The van der Waals surface area contributed by atoms with Gasteiger partial charge in [0, 0.05) is 5.02 Å². The Morgan fingerprint density at radius 1 is 1.10 bits per heavy atom. The molecule has 2 aromatic carbocycles. The smallest absolute Gasteiger partial charge is 0.262 e. The van der Waals surface area contributed by atoms with Crippen molar-refractivity contribution in [3.8, 4) is 5.75 Å². The van der Waals surface area contributed by atoms with Crippen LogP contribution in [0.4, 0.5) is 5.69 Å². The van der Waals surface area contributed by atoms with Crippen molar-refractivity contribution in [1.29, 1.82) is 0 Å². The van der Waals surface area contributed by atoms with Crippen LogP contribution in [0, 0.1) is 0 Å². The van der Waals surface area contributed by atoms with E-state index in [0.29, 0.717) is 10.9 Å². The molecule has 4 nitrogen and oxygen atoms in total. The fourth-order valence-electron chi connectivity index (χ4n) is 1.83. The van der Waals surface area contributed by atoms with Gasteiger partial charge >= 0.3 is 0 Å². The molecule has 2 rings (SSSR count). The maximum absolute atomic E-state index is 12.3. The molecule has 21 heavy (non-hydrogen) atoms.